The Balaban J connectivity index is 1.70. The number of hydrogen-bond donors (Lipinski definition) is 2. The van der Waals surface area contributed by atoms with E-state index in [1.54, 1.807) is 0 Å². The zero-order valence-corrected chi connectivity index (χ0v) is 16.7. The van der Waals surface area contributed by atoms with Crippen LogP contribution in [0.25, 0.3) is 27.6 Å². The number of aromatic amines is 1. The van der Waals surface area contributed by atoms with Crippen molar-refractivity contribution in [2.45, 2.75) is 11.8 Å². The molecule has 11 heteroatoms. The van der Waals surface area contributed by atoms with Gasteiger partial charge in [-0.2, -0.15) is 18.3 Å². The Morgan fingerprint density at radius 1 is 1.03 bits per heavy atom. The van der Waals surface area contributed by atoms with Crippen LogP contribution in [-0.4, -0.2) is 36.0 Å². The van der Waals surface area contributed by atoms with Crippen molar-refractivity contribution in [3.63, 3.8) is 0 Å². The highest BCUT2D eigenvalue weighted by Crippen LogP contribution is 2.47. The number of nitrogens with one attached hydrogen (secondary N) is 1. The Morgan fingerprint density at radius 2 is 1.78 bits per heavy atom. The molecule has 5 rings (SSSR count). The van der Waals surface area contributed by atoms with Crippen LogP contribution in [0.3, 0.4) is 0 Å². The minimum Gasteiger partial charge on any atom is -0.372 e. The van der Waals surface area contributed by atoms with E-state index in [1.165, 1.54) is 53.3 Å². The van der Waals surface area contributed by atoms with Crippen molar-refractivity contribution in [2.24, 2.45) is 0 Å². The molecule has 2 aromatic carbocycles. The van der Waals surface area contributed by atoms with Crippen LogP contribution in [0, 0.1) is 5.82 Å². The Morgan fingerprint density at radius 3 is 2.50 bits per heavy atom. The van der Waals surface area contributed by atoms with E-state index in [1.807, 2.05) is 0 Å². The van der Waals surface area contributed by atoms with Gasteiger partial charge in [0.2, 0.25) is 5.60 Å². The van der Waals surface area contributed by atoms with Gasteiger partial charge >= 0.3 is 6.18 Å². The highest BCUT2D eigenvalue weighted by molar-refractivity contribution is 6.33. The first-order valence-corrected chi connectivity index (χ1v) is 9.59. The van der Waals surface area contributed by atoms with E-state index in [2.05, 4.69) is 20.1 Å². The molecule has 0 radical (unpaired) electrons. The molecule has 0 saturated carbocycles. The lowest BCUT2D eigenvalue weighted by molar-refractivity contribution is -0.247. The van der Waals surface area contributed by atoms with Gasteiger partial charge in [-0.25, -0.2) is 19.0 Å². The normalized spacial score (nSPS) is 14.2. The number of halogens is 5. The summed E-state index contributed by atoms with van der Waals surface area (Å²) in [5, 5.41) is 15.5. The van der Waals surface area contributed by atoms with E-state index in [0.717, 1.165) is 12.5 Å². The molecule has 6 nitrogen and oxygen atoms in total. The van der Waals surface area contributed by atoms with Crippen LogP contribution in [0.1, 0.15) is 11.1 Å². The van der Waals surface area contributed by atoms with Crippen molar-refractivity contribution >= 4 is 33.5 Å². The van der Waals surface area contributed by atoms with Crippen molar-refractivity contribution in [3.8, 4) is 5.69 Å². The number of rotatable bonds is 3. The fourth-order valence-corrected chi connectivity index (χ4v) is 3.89. The van der Waals surface area contributed by atoms with E-state index in [9.17, 15) is 22.7 Å². The molecule has 1 unspecified atom stereocenters. The van der Waals surface area contributed by atoms with Crippen LogP contribution in [-0.2, 0) is 5.60 Å². The van der Waals surface area contributed by atoms with Crippen LogP contribution >= 0.6 is 11.6 Å². The van der Waals surface area contributed by atoms with Crippen molar-refractivity contribution in [1.82, 2.24) is 24.7 Å². The zero-order chi connectivity index (χ0) is 22.7. The summed E-state index contributed by atoms with van der Waals surface area (Å²) in [5.74, 6) is -0.426. The van der Waals surface area contributed by atoms with Crippen LogP contribution in [0.15, 0.2) is 61.2 Å². The number of fused-ring (bicyclic) bond motifs is 2. The van der Waals surface area contributed by atoms with E-state index in [-0.39, 0.29) is 16.2 Å². The van der Waals surface area contributed by atoms with Crippen LogP contribution < -0.4 is 0 Å². The SMILES string of the molecule is OC(c1ccc2c(cnn2-c2ccc(F)cc2)c1)(c1c[nH]c2c(Cl)ncnc12)C(F)(F)F. The van der Waals surface area contributed by atoms with Gasteiger partial charge in [-0.05, 0) is 42.0 Å². The highest BCUT2D eigenvalue weighted by Gasteiger charge is 2.57. The lowest BCUT2D eigenvalue weighted by Crippen LogP contribution is -2.43. The summed E-state index contributed by atoms with van der Waals surface area (Å²) < 4.78 is 57.6. The summed E-state index contributed by atoms with van der Waals surface area (Å²) in [6, 6.07) is 9.28. The third kappa shape index (κ3) is 2.94. The molecular weight excluding hydrogens is 450 g/mol. The molecule has 0 aliphatic rings. The monoisotopic (exact) mass is 461 g/mol. The van der Waals surface area contributed by atoms with Crippen molar-refractivity contribution in [2.75, 3.05) is 0 Å². The predicted molar refractivity (Wildman–Crippen MR) is 109 cm³/mol. The van der Waals surface area contributed by atoms with Gasteiger partial charge in [0.1, 0.15) is 17.7 Å². The number of H-pyrrole nitrogens is 1. The molecule has 32 heavy (non-hydrogen) atoms. The zero-order valence-electron chi connectivity index (χ0n) is 15.9. The molecule has 162 valence electrons. The van der Waals surface area contributed by atoms with Crippen LogP contribution in [0.5, 0.6) is 0 Å². The molecule has 0 aliphatic carbocycles. The molecule has 0 aliphatic heterocycles. The molecule has 3 heterocycles. The summed E-state index contributed by atoms with van der Waals surface area (Å²) in [5.41, 5.74) is -3.36. The van der Waals surface area contributed by atoms with Gasteiger partial charge in [0.05, 0.1) is 22.9 Å². The van der Waals surface area contributed by atoms with E-state index >= 15 is 0 Å². The smallest absolute Gasteiger partial charge is 0.372 e. The largest absolute Gasteiger partial charge is 0.425 e. The molecule has 0 fully saturated rings. The molecule has 3 aromatic heterocycles. The van der Waals surface area contributed by atoms with Gasteiger partial charge in [0.25, 0.3) is 0 Å². The Kier molecular flexibility index (Phi) is 4.47. The van der Waals surface area contributed by atoms with Crippen molar-refractivity contribution in [1.29, 1.82) is 0 Å². The first-order valence-electron chi connectivity index (χ1n) is 9.21. The van der Waals surface area contributed by atoms with Crippen molar-refractivity contribution < 1.29 is 22.7 Å². The highest BCUT2D eigenvalue weighted by atomic mass is 35.5. The minimum atomic E-state index is -5.08. The quantitative estimate of drug-likeness (QED) is 0.296. The number of hydrogen-bond acceptors (Lipinski definition) is 4. The Bertz CT molecular complexity index is 1460. The maximum absolute atomic E-state index is 14.3. The first-order chi connectivity index (χ1) is 15.2. The van der Waals surface area contributed by atoms with E-state index in [4.69, 9.17) is 11.6 Å². The average Bonchev–Trinajstić information content (AvgIpc) is 3.38. The Hall–Kier alpha value is -3.50. The van der Waals surface area contributed by atoms with Gasteiger partial charge in [0.15, 0.2) is 5.15 Å². The van der Waals surface area contributed by atoms with Crippen LogP contribution in [0.2, 0.25) is 5.15 Å². The lowest BCUT2D eigenvalue weighted by atomic mass is 9.86. The topological polar surface area (TPSA) is 79.6 Å². The fraction of sp³-hybridized carbons (Fsp3) is 0.0952. The van der Waals surface area contributed by atoms with Gasteiger partial charge in [-0.3, -0.25) is 0 Å². The van der Waals surface area contributed by atoms with Gasteiger partial charge in [0, 0.05) is 17.1 Å². The minimum absolute atomic E-state index is 0.0678. The lowest BCUT2D eigenvalue weighted by Gasteiger charge is -2.30. The fourth-order valence-electron chi connectivity index (χ4n) is 3.70. The molecule has 5 aromatic rings. The molecule has 0 amide bonds. The summed E-state index contributed by atoms with van der Waals surface area (Å²) in [6.45, 7) is 0. The first kappa shape index (κ1) is 20.4. The number of aliphatic hydroxyl groups is 1. The predicted octanol–water partition coefficient (Wildman–Crippen LogP) is 4.89. The number of alkyl halides is 3. The second-order valence-electron chi connectivity index (χ2n) is 7.10. The molecule has 0 bridgehead atoms. The van der Waals surface area contributed by atoms with Crippen molar-refractivity contribution in [3.05, 3.63) is 83.3 Å². The number of nitrogens with zero attached hydrogens (tertiary/aromatic N) is 4. The third-order valence-corrected chi connectivity index (χ3v) is 5.56. The second-order valence-corrected chi connectivity index (χ2v) is 7.46. The Labute approximate surface area is 182 Å². The maximum Gasteiger partial charge on any atom is 0.425 e. The molecule has 0 saturated heterocycles. The van der Waals surface area contributed by atoms with Crippen LogP contribution in [0.4, 0.5) is 17.6 Å². The van der Waals surface area contributed by atoms with Gasteiger partial charge < -0.3 is 10.1 Å². The molecule has 2 N–H and O–H groups in total. The van der Waals surface area contributed by atoms with Gasteiger partial charge in [-0.15, -0.1) is 0 Å². The summed E-state index contributed by atoms with van der Waals surface area (Å²) >= 11 is 5.95. The molecule has 1 atom stereocenters. The van der Waals surface area contributed by atoms with Gasteiger partial charge in [-0.1, -0.05) is 17.7 Å². The molecular formula is C21H12ClF4N5O. The van der Waals surface area contributed by atoms with E-state index in [0.29, 0.717) is 16.6 Å². The molecule has 0 spiro atoms. The maximum atomic E-state index is 14.3. The van der Waals surface area contributed by atoms with E-state index < -0.39 is 28.7 Å². The summed E-state index contributed by atoms with van der Waals surface area (Å²) in [7, 11) is 0. The standard InChI is InChI=1S/C21H12ClF4N5O/c22-19-18-17(28-10-29-19)15(9-27-18)20(32,21(24,25)26)12-1-6-16-11(7-12)8-30-31(16)14-4-2-13(23)3-5-14/h1-10,27,32H. The summed E-state index contributed by atoms with van der Waals surface area (Å²) in [6.07, 6.45) is -1.67. The third-order valence-electron chi connectivity index (χ3n) is 5.27. The second kappa shape index (κ2) is 7.01. The summed E-state index contributed by atoms with van der Waals surface area (Å²) in [4.78, 5) is 10.2. The number of aromatic nitrogens is 5. The number of benzene rings is 2. The average molecular weight is 462 g/mol.